The second-order valence-corrected chi connectivity index (χ2v) is 10.3. The number of carbonyl (C=O) groups is 1. The number of aryl methyl sites for hydroxylation is 1. The van der Waals surface area contributed by atoms with Crippen molar-refractivity contribution in [2.24, 2.45) is 7.05 Å². The Labute approximate surface area is 209 Å². The zero-order valence-electron chi connectivity index (χ0n) is 19.6. The number of carbonyl (C=O) groups excluding carboxylic acids is 1. The number of likely N-dealkylation sites (tertiary alicyclic amines) is 1. The number of aliphatic hydroxyl groups is 1. The fourth-order valence-corrected chi connectivity index (χ4v) is 5.84. The fraction of sp³-hybridized carbons (Fsp3) is 0.522. The number of ether oxygens (including phenoxy) is 1. The highest BCUT2D eigenvalue weighted by molar-refractivity contribution is 7.09. The molecule has 3 N–H and O–H groups in total. The molecule has 1 aromatic carbocycles. The number of alkyl halides is 3. The Hall–Kier alpha value is -2.90. The lowest BCUT2D eigenvalue weighted by molar-refractivity contribution is -0.274. The van der Waals surface area contributed by atoms with Crippen LogP contribution >= 0.6 is 11.3 Å². The zero-order valence-corrected chi connectivity index (χ0v) is 20.4. The summed E-state index contributed by atoms with van der Waals surface area (Å²) < 4.78 is 43.2. The van der Waals surface area contributed by atoms with Gasteiger partial charge in [-0.05, 0) is 43.9 Å². The van der Waals surface area contributed by atoms with E-state index in [1.807, 2.05) is 0 Å². The summed E-state index contributed by atoms with van der Waals surface area (Å²) in [6, 6.07) is 4.38. The summed E-state index contributed by atoms with van der Waals surface area (Å²) in [5.41, 5.74) is 1.57. The van der Waals surface area contributed by atoms with E-state index in [-0.39, 0.29) is 24.2 Å². The molecular weight excluding hydrogens is 497 g/mol. The van der Waals surface area contributed by atoms with Crippen LogP contribution in [0.3, 0.4) is 0 Å². The Kier molecular flexibility index (Phi) is 6.55. The van der Waals surface area contributed by atoms with Gasteiger partial charge in [0, 0.05) is 37.8 Å². The second kappa shape index (κ2) is 9.52. The van der Waals surface area contributed by atoms with E-state index in [0.717, 1.165) is 30.8 Å². The topological polar surface area (TPSA) is 105 Å². The minimum atomic E-state index is -4.79. The highest BCUT2D eigenvalue weighted by atomic mass is 32.1. The first kappa shape index (κ1) is 24.8. The van der Waals surface area contributed by atoms with Gasteiger partial charge in [-0.25, -0.2) is 0 Å². The molecule has 2 aromatic heterocycles. The number of fused-ring (bicyclic) bond motifs is 1. The molecule has 0 radical (unpaired) electrons. The Balaban J connectivity index is 1.09. The molecule has 0 atom stereocenters. The Morgan fingerprint density at radius 2 is 2.06 bits per heavy atom. The number of aromatic nitrogens is 3. The molecule has 1 amide bonds. The molecule has 3 aromatic rings. The number of halogens is 3. The Bertz CT molecular complexity index is 1220. The lowest BCUT2D eigenvalue weighted by Gasteiger charge is -2.48. The third kappa shape index (κ3) is 5.27. The van der Waals surface area contributed by atoms with Crippen molar-refractivity contribution >= 4 is 34.0 Å². The number of nitrogens with one attached hydrogen (secondary N) is 2. The maximum absolute atomic E-state index is 12.6. The van der Waals surface area contributed by atoms with E-state index in [2.05, 4.69) is 30.4 Å². The maximum atomic E-state index is 12.6. The first-order valence-corrected chi connectivity index (χ1v) is 12.6. The third-order valence-corrected chi connectivity index (χ3v) is 7.90. The van der Waals surface area contributed by atoms with Crippen molar-refractivity contribution in [1.29, 1.82) is 0 Å². The van der Waals surface area contributed by atoms with Gasteiger partial charge in [-0.15, -0.1) is 24.5 Å². The molecule has 9 nitrogen and oxygen atoms in total. The average Bonchev–Trinajstić information content (AvgIpc) is 3.44. The molecule has 0 unspecified atom stereocenters. The number of anilines is 1. The van der Waals surface area contributed by atoms with Crippen molar-refractivity contribution in [2.75, 3.05) is 25.0 Å². The highest BCUT2D eigenvalue weighted by Gasteiger charge is 2.41. The highest BCUT2D eigenvalue weighted by Crippen LogP contribution is 2.40. The van der Waals surface area contributed by atoms with Crippen LogP contribution in [0.15, 0.2) is 29.9 Å². The van der Waals surface area contributed by atoms with Crippen molar-refractivity contribution in [2.45, 2.75) is 49.7 Å². The molecule has 194 valence electrons. The van der Waals surface area contributed by atoms with Crippen LogP contribution in [0.25, 0.3) is 10.9 Å². The van der Waals surface area contributed by atoms with E-state index in [1.54, 1.807) is 18.8 Å². The summed E-state index contributed by atoms with van der Waals surface area (Å²) in [7, 11) is 1.67. The quantitative estimate of drug-likeness (QED) is 0.437. The summed E-state index contributed by atoms with van der Waals surface area (Å²) >= 11 is 1.49. The first-order valence-electron chi connectivity index (χ1n) is 11.7. The van der Waals surface area contributed by atoms with Crippen molar-refractivity contribution in [1.82, 2.24) is 25.0 Å². The maximum Gasteiger partial charge on any atom is 0.573 e. The Morgan fingerprint density at radius 1 is 1.31 bits per heavy atom. The smallest absolute Gasteiger partial charge is 0.406 e. The predicted octanol–water partition coefficient (Wildman–Crippen LogP) is 2.97. The minimum absolute atomic E-state index is 0.0360. The molecule has 13 heteroatoms. The minimum Gasteiger partial charge on any atom is -0.406 e. The molecule has 2 aliphatic rings. The summed E-state index contributed by atoms with van der Waals surface area (Å²) in [5, 5.41) is 21.5. The molecule has 3 heterocycles. The van der Waals surface area contributed by atoms with Crippen LogP contribution in [0.1, 0.15) is 30.6 Å². The van der Waals surface area contributed by atoms with Crippen molar-refractivity contribution in [3.8, 4) is 5.75 Å². The van der Waals surface area contributed by atoms with Crippen LogP contribution in [0, 0.1) is 0 Å². The Morgan fingerprint density at radius 3 is 2.72 bits per heavy atom. The first-order chi connectivity index (χ1) is 17.1. The van der Waals surface area contributed by atoms with Gasteiger partial charge in [-0.3, -0.25) is 19.4 Å². The lowest BCUT2D eigenvalue weighted by Crippen LogP contribution is -2.63. The molecule has 1 aliphatic heterocycles. The SMILES string of the molecule is Cn1nc(NCC(=O)NC2CN([C@H]3CC[C@@](O)(c4cncs4)CC3)C2)c2cc(OC(F)(F)F)ccc21. The average molecular weight is 525 g/mol. The van der Waals surface area contributed by atoms with Crippen LogP contribution in [0.5, 0.6) is 5.75 Å². The number of hydrogen-bond donors (Lipinski definition) is 3. The largest absolute Gasteiger partial charge is 0.573 e. The molecule has 36 heavy (non-hydrogen) atoms. The monoisotopic (exact) mass is 524 g/mol. The number of amides is 1. The molecule has 5 rings (SSSR count). The van der Waals surface area contributed by atoms with E-state index in [9.17, 15) is 23.1 Å². The summed E-state index contributed by atoms with van der Waals surface area (Å²) in [6.45, 7) is 1.44. The van der Waals surface area contributed by atoms with Crippen molar-refractivity contribution in [3.05, 3.63) is 34.8 Å². The molecule has 2 fully saturated rings. The van der Waals surface area contributed by atoms with Gasteiger partial charge < -0.3 is 20.5 Å². The van der Waals surface area contributed by atoms with E-state index in [0.29, 0.717) is 35.6 Å². The van der Waals surface area contributed by atoms with Crippen LogP contribution in [-0.2, 0) is 17.4 Å². The van der Waals surface area contributed by atoms with Crippen LogP contribution in [-0.4, -0.2) is 68.8 Å². The lowest BCUT2D eigenvalue weighted by atomic mass is 9.80. The molecule has 1 saturated heterocycles. The summed E-state index contributed by atoms with van der Waals surface area (Å²) in [6.07, 6.45) is 0.139. The van der Waals surface area contributed by atoms with Crippen molar-refractivity contribution in [3.63, 3.8) is 0 Å². The fourth-order valence-electron chi connectivity index (χ4n) is 5.05. The van der Waals surface area contributed by atoms with E-state index in [4.69, 9.17) is 0 Å². The molecule has 0 bridgehead atoms. The summed E-state index contributed by atoms with van der Waals surface area (Å²) in [4.78, 5) is 19.8. The van der Waals surface area contributed by atoms with Crippen LogP contribution < -0.4 is 15.4 Å². The van der Waals surface area contributed by atoms with Crippen LogP contribution in [0.2, 0.25) is 0 Å². The molecule has 0 spiro atoms. The van der Waals surface area contributed by atoms with Gasteiger partial charge >= 0.3 is 6.36 Å². The third-order valence-electron chi connectivity index (χ3n) is 6.94. The number of thiazole rings is 1. The predicted molar refractivity (Wildman–Crippen MR) is 128 cm³/mol. The normalized spacial score (nSPS) is 23.4. The van der Waals surface area contributed by atoms with Crippen molar-refractivity contribution < 1.29 is 27.8 Å². The van der Waals surface area contributed by atoms with Gasteiger partial charge in [0.2, 0.25) is 5.91 Å². The van der Waals surface area contributed by atoms with Gasteiger partial charge in [-0.2, -0.15) is 5.10 Å². The van der Waals surface area contributed by atoms with Gasteiger partial charge in [0.15, 0.2) is 5.82 Å². The van der Waals surface area contributed by atoms with Gasteiger partial charge in [0.1, 0.15) is 11.4 Å². The van der Waals surface area contributed by atoms with E-state index >= 15 is 0 Å². The number of hydrogen-bond acceptors (Lipinski definition) is 8. The van der Waals surface area contributed by atoms with Gasteiger partial charge in [0.25, 0.3) is 0 Å². The standard InChI is InChI=1S/C23H27F3N6O3S/c1-31-18-3-2-16(35-23(24,25)26)8-17(18)21(30-31)28-10-20(33)29-14-11-32(12-14)15-4-6-22(34,7-5-15)19-9-27-13-36-19/h2-3,8-9,13-15,34H,4-7,10-12H2,1H3,(H,28,30)(H,29,33)/t15-,22-. The van der Waals surface area contributed by atoms with E-state index < -0.39 is 12.0 Å². The van der Waals surface area contributed by atoms with Crippen LogP contribution in [0.4, 0.5) is 19.0 Å². The van der Waals surface area contributed by atoms with Gasteiger partial charge in [0.05, 0.1) is 28.5 Å². The molecule has 1 aliphatic carbocycles. The molecule has 1 saturated carbocycles. The van der Waals surface area contributed by atoms with E-state index in [1.165, 1.54) is 34.2 Å². The zero-order chi connectivity index (χ0) is 25.5. The number of rotatable bonds is 7. The second-order valence-electron chi connectivity index (χ2n) is 9.40. The number of nitrogens with zero attached hydrogens (tertiary/aromatic N) is 4. The summed E-state index contributed by atoms with van der Waals surface area (Å²) in [5.74, 6) is -0.260. The number of benzene rings is 1. The van der Waals surface area contributed by atoms with Gasteiger partial charge in [-0.1, -0.05) is 0 Å². The molecular formula is C23H27F3N6O3S.